The quantitative estimate of drug-likeness (QED) is 0.599. The summed E-state index contributed by atoms with van der Waals surface area (Å²) in [6, 6.07) is 0. The van der Waals surface area contributed by atoms with Crippen molar-refractivity contribution < 1.29 is 5.11 Å². The van der Waals surface area contributed by atoms with Crippen molar-refractivity contribution in [1.82, 2.24) is 0 Å². The molecule has 0 saturated heterocycles. The first kappa shape index (κ1) is 7.11. The van der Waals surface area contributed by atoms with Gasteiger partial charge in [-0.05, 0) is 38.0 Å². The van der Waals surface area contributed by atoms with Crippen molar-refractivity contribution in [2.75, 3.05) is 0 Å². The number of aliphatic hydroxyl groups is 1. The highest BCUT2D eigenvalue weighted by Gasteiger charge is 2.50. The van der Waals surface area contributed by atoms with Gasteiger partial charge < -0.3 is 5.11 Å². The molecule has 0 aliphatic heterocycles. The molecule has 0 radical (unpaired) electrons. The Labute approximate surface area is 69.9 Å². The molecule has 0 aromatic carbocycles. The molecule has 0 heterocycles. The Morgan fingerprint density at radius 3 is 2.70 bits per heavy atom. The summed E-state index contributed by atoms with van der Waals surface area (Å²) in [5.74, 6) is 1.79. The molecule has 2 fully saturated rings. The van der Waals surface area contributed by atoms with E-state index >= 15 is 0 Å². The van der Waals surface area contributed by atoms with Crippen molar-refractivity contribution in [1.29, 1.82) is 0 Å². The molecule has 10 heavy (non-hydrogen) atoms. The maximum Gasteiger partial charge on any atom is 0.0747 e. The van der Waals surface area contributed by atoms with Crippen LogP contribution in [0.15, 0.2) is 0 Å². The Morgan fingerprint density at radius 2 is 2.10 bits per heavy atom. The molecule has 1 N–H and O–H groups in total. The predicted octanol–water partition coefficient (Wildman–Crippen LogP) is 1.93. The summed E-state index contributed by atoms with van der Waals surface area (Å²) in [5.41, 5.74) is -0.433. The van der Waals surface area contributed by atoms with Gasteiger partial charge in [0.2, 0.25) is 0 Å². The highest BCUT2D eigenvalue weighted by Crippen LogP contribution is 2.54. The second-order valence-corrected chi connectivity index (χ2v) is 5.13. The molecule has 2 aliphatic carbocycles. The molecular weight excluding hydrogens is 192 g/mol. The summed E-state index contributed by atoms with van der Waals surface area (Å²) in [4.78, 5) is 0.337. The van der Waals surface area contributed by atoms with Gasteiger partial charge in [0.05, 0.1) is 5.60 Å². The van der Waals surface area contributed by atoms with E-state index in [1.807, 2.05) is 6.92 Å². The first-order valence-electron chi connectivity index (χ1n) is 3.96. The third kappa shape index (κ3) is 1.02. The van der Waals surface area contributed by atoms with Crippen LogP contribution in [0.1, 0.15) is 26.2 Å². The minimum Gasteiger partial charge on any atom is -0.389 e. The summed E-state index contributed by atoms with van der Waals surface area (Å²) >= 11 is 3.53. The van der Waals surface area contributed by atoms with Crippen LogP contribution in [0.25, 0.3) is 0 Å². The second kappa shape index (κ2) is 1.98. The zero-order chi connectivity index (χ0) is 7.35. The fraction of sp³-hybridized carbons (Fsp3) is 1.00. The van der Waals surface area contributed by atoms with E-state index in [9.17, 15) is 5.11 Å². The molecule has 2 heteroatoms. The normalized spacial score (nSPS) is 59.7. The van der Waals surface area contributed by atoms with E-state index in [1.54, 1.807) is 0 Å². The van der Waals surface area contributed by atoms with Crippen molar-refractivity contribution in [2.45, 2.75) is 36.6 Å². The van der Waals surface area contributed by atoms with Gasteiger partial charge in [0.15, 0.2) is 0 Å². The Morgan fingerprint density at radius 1 is 1.40 bits per heavy atom. The van der Waals surface area contributed by atoms with Crippen LogP contribution in [-0.4, -0.2) is 15.5 Å². The average molecular weight is 205 g/mol. The molecule has 0 amide bonds. The summed E-state index contributed by atoms with van der Waals surface area (Å²) < 4.78 is 0. The molecule has 0 aromatic heterocycles. The highest BCUT2D eigenvalue weighted by atomic mass is 79.9. The van der Waals surface area contributed by atoms with Crippen LogP contribution in [0.5, 0.6) is 0 Å². The molecule has 0 spiro atoms. The number of alkyl halides is 1. The van der Waals surface area contributed by atoms with Crippen molar-refractivity contribution in [3.05, 3.63) is 0 Å². The number of rotatable bonds is 0. The van der Waals surface area contributed by atoms with Crippen LogP contribution >= 0.6 is 15.9 Å². The maximum atomic E-state index is 9.79. The molecule has 2 aliphatic rings. The van der Waals surface area contributed by atoms with Crippen LogP contribution in [0.3, 0.4) is 0 Å². The zero-order valence-corrected chi connectivity index (χ0v) is 7.76. The lowest BCUT2D eigenvalue weighted by molar-refractivity contribution is 0.0271. The molecule has 0 aromatic rings. The molecule has 1 nitrogen and oxygen atoms in total. The Bertz CT molecular complexity index is 155. The van der Waals surface area contributed by atoms with Crippen LogP contribution < -0.4 is 0 Å². The lowest BCUT2D eigenvalue weighted by atomic mass is 9.86. The van der Waals surface area contributed by atoms with E-state index in [0.29, 0.717) is 4.83 Å². The van der Waals surface area contributed by atoms with E-state index in [0.717, 1.165) is 18.3 Å². The van der Waals surface area contributed by atoms with Gasteiger partial charge in [0.1, 0.15) is 0 Å². The number of hydrogen-bond acceptors (Lipinski definition) is 1. The molecule has 58 valence electrons. The zero-order valence-electron chi connectivity index (χ0n) is 6.18. The standard InChI is InChI=1S/C8H13BrO/c1-8(10)4-6-2-5(6)3-7(8)9/h5-7,10H,2-4H2,1H3/t5-,6+,7-,8-/m1/s1. The molecule has 2 rings (SSSR count). The van der Waals surface area contributed by atoms with E-state index in [2.05, 4.69) is 15.9 Å². The van der Waals surface area contributed by atoms with Crippen LogP contribution in [0, 0.1) is 11.8 Å². The third-order valence-electron chi connectivity index (χ3n) is 2.93. The highest BCUT2D eigenvalue weighted by molar-refractivity contribution is 9.09. The van der Waals surface area contributed by atoms with Gasteiger partial charge in [0, 0.05) is 4.83 Å². The minimum absolute atomic E-state index is 0.337. The van der Waals surface area contributed by atoms with Gasteiger partial charge >= 0.3 is 0 Å². The van der Waals surface area contributed by atoms with Crippen molar-refractivity contribution in [3.8, 4) is 0 Å². The third-order valence-corrected chi connectivity index (χ3v) is 4.29. The Balaban J connectivity index is 2.08. The molecular formula is C8H13BrO. The Kier molecular flexibility index (Phi) is 1.41. The number of fused-ring (bicyclic) bond motifs is 1. The summed E-state index contributed by atoms with van der Waals surface area (Å²) in [5, 5.41) is 9.79. The van der Waals surface area contributed by atoms with Gasteiger partial charge in [-0.2, -0.15) is 0 Å². The molecule has 0 unspecified atom stereocenters. The second-order valence-electron chi connectivity index (χ2n) is 4.02. The van der Waals surface area contributed by atoms with Crippen molar-refractivity contribution in [3.63, 3.8) is 0 Å². The van der Waals surface area contributed by atoms with E-state index in [-0.39, 0.29) is 0 Å². The maximum absolute atomic E-state index is 9.79. The van der Waals surface area contributed by atoms with Gasteiger partial charge in [-0.25, -0.2) is 0 Å². The summed E-state index contributed by atoms with van der Waals surface area (Å²) in [7, 11) is 0. The van der Waals surface area contributed by atoms with Gasteiger partial charge in [0.25, 0.3) is 0 Å². The predicted molar refractivity (Wildman–Crippen MR) is 44.2 cm³/mol. The fourth-order valence-electron chi connectivity index (χ4n) is 2.03. The van der Waals surface area contributed by atoms with E-state index < -0.39 is 5.60 Å². The van der Waals surface area contributed by atoms with E-state index in [1.165, 1.54) is 12.8 Å². The number of halogens is 1. The van der Waals surface area contributed by atoms with Gasteiger partial charge in [-0.1, -0.05) is 15.9 Å². The Hall–Kier alpha value is 0.440. The van der Waals surface area contributed by atoms with Crippen molar-refractivity contribution in [2.24, 2.45) is 11.8 Å². The largest absolute Gasteiger partial charge is 0.389 e. The lowest BCUT2D eigenvalue weighted by Gasteiger charge is -2.32. The van der Waals surface area contributed by atoms with Crippen molar-refractivity contribution >= 4 is 15.9 Å². The topological polar surface area (TPSA) is 20.2 Å². The summed E-state index contributed by atoms with van der Waals surface area (Å²) in [6.07, 6.45) is 3.55. The summed E-state index contributed by atoms with van der Waals surface area (Å²) in [6.45, 7) is 1.95. The fourth-order valence-corrected chi connectivity index (χ4v) is 2.69. The minimum atomic E-state index is -0.433. The smallest absolute Gasteiger partial charge is 0.0747 e. The van der Waals surface area contributed by atoms with Gasteiger partial charge in [-0.3, -0.25) is 0 Å². The first-order valence-corrected chi connectivity index (χ1v) is 4.87. The van der Waals surface area contributed by atoms with Crippen LogP contribution in [-0.2, 0) is 0 Å². The molecule has 0 bridgehead atoms. The van der Waals surface area contributed by atoms with Gasteiger partial charge in [-0.15, -0.1) is 0 Å². The molecule has 2 saturated carbocycles. The first-order chi connectivity index (χ1) is 4.59. The van der Waals surface area contributed by atoms with Crippen LogP contribution in [0.2, 0.25) is 0 Å². The monoisotopic (exact) mass is 204 g/mol. The SMILES string of the molecule is C[C@@]1(O)C[C@@H]2C[C@@H]2C[C@H]1Br. The molecule has 4 atom stereocenters. The lowest BCUT2D eigenvalue weighted by Crippen LogP contribution is -2.38. The van der Waals surface area contributed by atoms with Crippen LogP contribution in [0.4, 0.5) is 0 Å². The average Bonchev–Trinajstić information content (AvgIpc) is 2.44. The number of hydrogen-bond donors (Lipinski definition) is 1. The van der Waals surface area contributed by atoms with E-state index in [4.69, 9.17) is 0 Å².